The molecule has 1 fully saturated rings. The zero-order chi connectivity index (χ0) is 25.7. The van der Waals surface area contributed by atoms with Crippen molar-refractivity contribution in [2.24, 2.45) is 0 Å². The van der Waals surface area contributed by atoms with E-state index in [0.29, 0.717) is 11.3 Å². The number of carbonyl (C=O) groups excluding carboxylic acids is 1. The molecule has 1 heterocycles. The molecule has 1 N–H and O–H groups in total. The molecule has 4 rings (SSSR count). The second-order valence-electron chi connectivity index (χ2n) is 8.62. The lowest BCUT2D eigenvalue weighted by atomic mass is 10.1. The van der Waals surface area contributed by atoms with Crippen LogP contribution < -0.4 is 10.2 Å². The minimum absolute atomic E-state index is 0.0812. The topological polar surface area (TPSA) is 69.7 Å². The highest BCUT2D eigenvalue weighted by Gasteiger charge is 2.28. The van der Waals surface area contributed by atoms with Gasteiger partial charge in [0.25, 0.3) is 0 Å². The minimum Gasteiger partial charge on any atom is -0.372 e. The highest BCUT2D eigenvalue weighted by molar-refractivity contribution is 7.89. The van der Waals surface area contributed by atoms with Crippen molar-refractivity contribution < 1.29 is 17.6 Å². The van der Waals surface area contributed by atoms with Gasteiger partial charge < -0.3 is 10.2 Å². The third kappa shape index (κ3) is 6.56. The Kier molecular flexibility index (Phi) is 8.51. The van der Waals surface area contributed by atoms with E-state index in [-0.39, 0.29) is 21.5 Å². The molecule has 1 saturated heterocycles. The van der Waals surface area contributed by atoms with Gasteiger partial charge in [0, 0.05) is 31.0 Å². The Hall–Kier alpha value is -2.65. The highest BCUT2D eigenvalue weighted by Crippen LogP contribution is 2.28. The Bertz CT molecular complexity index is 1310. The van der Waals surface area contributed by atoms with E-state index >= 15 is 0 Å². The molecule has 6 nitrogen and oxygen atoms in total. The van der Waals surface area contributed by atoms with Gasteiger partial charge >= 0.3 is 0 Å². The summed E-state index contributed by atoms with van der Waals surface area (Å²) in [5.74, 6) is -0.949. The zero-order valence-electron chi connectivity index (χ0n) is 19.5. The third-order valence-electron chi connectivity index (χ3n) is 5.99. The van der Waals surface area contributed by atoms with E-state index in [1.807, 2.05) is 12.1 Å². The summed E-state index contributed by atoms with van der Waals surface area (Å²) in [5.41, 5.74) is 2.18. The smallest absolute Gasteiger partial charge is 0.243 e. The largest absolute Gasteiger partial charge is 0.372 e. The number of nitrogens with zero attached hydrogens (tertiary/aromatic N) is 2. The van der Waals surface area contributed by atoms with Gasteiger partial charge in [-0.15, -0.1) is 0 Å². The van der Waals surface area contributed by atoms with Crippen LogP contribution in [-0.4, -0.2) is 38.3 Å². The molecular formula is C26H26Cl2FN3O3S. The molecule has 0 aliphatic carbocycles. The van der Waals surface area contributed by atoms with Crippen molar-refractivity contribution in [1.82, 2.24) is 4.31 Å². The van der Waals surface area contributed by atoms with E-state index in [1.165, 1.54) is 48.9 Å². The number of anilines is 2. The number of benzene rings is 3. The van der Waals surface area contributed by atoms with Gasteiger partial charge in [0.2, 0.25) is 15.9 Å². The van der Waals surface area contributed by atoms with E-state index < -0.39 is 28.3 Å². The average Bonchev–Trinajstić information content (AvgIpc) is 2.87. The van der Waals surface area contributed by atoms with E-state index in [1.54, 1.807) is 12.1 Å². The van der Waals surface area contributed by atoms with Crippen LogP contribution in [0, 0.1) is 5.82 Å². The van der Waals surface area contributed by atoms with Crippen molar-refractivity contribution in [3.05, 3.63) is 88.2 Å². The molecule has 0 bridgehead atoms. The molecule has 0 spiro atoms. The summed E-state index contributed by atoms with van der Waals surface area (Å²) in [6.07, 6.45) is 3.57. The molecule has 1 aliphatic rings. The fraction of sp³-hybridized carbons (Fsp3) is 0.269. The van der Waals surface area contributed by atoms with Crippen LogP contribution >= 0.6 is 23.2 Å². The lowest BCUT2D eigenvalue weighted by molar-refractivity contribution is -0.116. The summed E-state index contributed by atoms with van der Waals surface area (Å²) < 4.78 is 41.3. The first-order chi connectivity index (χ1) is 17.2. The number of sulfonamides is 1. The number of piperidine rings is 1. The van der Waals surface area contributed by atoms with Crippen molar-refractivity contribution in [1.29, 1.82) is 0 Å². The quantitative estimate of drug-likeness (QED) is 0.376. The molecule has 0 unspecified atom stereocenters. The van der Waals surface area contributed by atoms with E-state index in [9.17, 15) is 17.6 Å². The number of hydrogen-bond donors (Lipinski definition) is 1. The summed E-state index contributed by atoms with van der Waals surface area (Å²) in [4.78, 5) is 15.1. The zero-order valence-corrected chi connectivity index (χ0v) is 21.8. The molecule has 0 radical (unpaired) electrons. The minimum atomic E-state index is -4.13. The number of carbonyl (C=O) groups is 1. The van der Waals surface area contributed by atoms with E-state index in [0.717, 1.165) is 35.9 Å². The monoisotopic (exact) mass is 549 g/mol. The predicted molar refractivity (Wildman–Crippen MR) is 142 cm³/mol. The molecule has 0 saturated carbocycles. The second kappa shape index (κ2) is 11.6. The van der Waals surface area contributed by atoms with Crippen LogP contribution in [-0.2, 0) is 21.4 Å². The number of amides is 1. The van der Waals surface area contributed by atoms with Crippen molar-refractivity contribution in [3.8, 4) is 0 Å². The van der Waals surface area contributed by atoms with Crippen molar-refractivity contribution in [2.45, 2.75) is 30.7 Å². The van der Waals surface area contributed by atoms with E-state index in [4.69, 9.17) is 23.2 Å². The Morgan fingerprint density at radius 2 is 1.58 bits per heavy atom. The van der Waals surface area contributed by atoms with Gasteiger partial charge in [-0.2, -0.15) is 4.31 Å². The van der Waals surface area contributed by atoms with Gasteiger partial charge in [0.15, 0.2) is 0 Å². The van der Waals surface area contributed by atoms with Crippen LogP contribution in [0.1, 0.15) is 24.8 Å². The second-order valence-corrected chi connectivity index (χ2v) is 11.4. The number of rotatable bonds is 8. The van der Waals surface area contributed by atoms with Crippen LogP contribution in [0.4, 0.5) is 15.8 Å². The lowest BCUT2D eigenvalue weighted by Gasteiger charge is -2.28. The van der Waals surface area contributed by atoms with Gasteiger partial charge in [0.05, 0.1) is 21.5 Å². The van der Waals surface area contributed by atoms with Crippen LogP contribution in [0.5, 0.6) is 0 Å². The molecule has 1 aliphatic heterocycles. The Morgan fingerprint density at radius 3 is 2.22 bits per heavy atom. The summed E-state index contributed by atoms with van der Waals surface area (Å²) >= 11 is 12.0. The first-order valence-corrected chi connectivity index (χ1v) is 13.8. The maximum absolute atomic E-state index is 13.4. The predicted octanol–water partition coefficient (Wildman–Crippen LogP) is 5.95. The first kappa shape index (κ1) is 26.4. The molecule has 190 valence electrons. The fourth-order valence-electron chi connectivity index (χ4n) is 4.07. The van der Waals surface area contributed by atoms with Gasteiger partial charge in [-0.05, 0) is 79.4 Å². The van der Waals surface area contributed by atoms with Gasteiger partial charge in [-0.1, -0.05) is 35.3 Å². The van der Waals surface area contributed by atoms with Crippen molar-refractivity contribution in [2.75, 3.05) is 29.9 Å². The maximum Gasteiger partial charge on any atom is 0.243 e. The molecule has 0 atom stereocenters. The maximum atomic E-state index is 13.4. The average molecular weight is 550 g/mol. The summed E-state index contributed by atoms with van der Waals surface area (Å²) in [6.45, 7) is 1.44. The molecule has 0 aromatic heterocycles. The molecule has 3 aromatic carbocycles. The number of nitrogens with one attached hydrogen (secondary N) is 1. The summed E-state index contributed by atoms with van der Waals surface area (Å²) in [7, 11) is -4.13. The first-order valence-electron chi connectivity index (χ1n) is 11.6. The summed E-state index contributed by atoms with van der Waals surface area (Å²) in [6, 6.07) is 16.9. The Balaban J connectivity index is 1.52. The fourth-order valence-corrected chi connectivity index (χ4v) is 5.85. The molecule has 36 heavy (non-hydrogen) atoms. The van der Waals surface area contributed by atoms with Gasteiger partial charge in [0.1, 0.15) is 5.82 Å². The molecule has 10 heteroatoms. The number of hydrogen-bond acceptors (Lipinski definition) is 4. The van der Waals surface area contributed by atoms with Crippen LogP contribution in [0.3, 0.4) is 0 Å². The SMILES string of the molecule is O=C(CN(Cc1ccc(F)cc1)S(=O)(=O)c1ccc(Cl)c(Cl)c1)Nc1ccc(N2CCCCC2)cc1. The van der Waals surface area contributed by atoms with Crippen molar-refractivity contribution in [3.63, 3.8) is 0 Å². The lowest BCUT2D eigenvalue weighted by Crippen LogP contribution is -2.37. The molecular weight excluding hydrogens is 524 g/mol. The van der Waals surface area contributed by atoms with Crippen LogP contribution in [0.2, 0.25) is 10.0 Å². The third-order valence-corrected chi connectivity index (χ3v) is 8.52. The molecule has 1 amide bonds. The van der Waals surface area contributed by atoms with Crippen LogP contribution in [0.25, 0.3) is 0 Å². The standard InChI is InChI=1S/C26H26Cl2FN3O3S/c27-24-13-12-23(16-25(24)28)36(34,35)32(17-19-4-6-20(29)7-5-19)18-26(33)30-21-8-10-22(11-9-21)31-14-2-1-3-15-31/h4-13,16H,1-3,14-15,17-18H2,(H,30,33). The Labute approximate surface area is 220 Å². The number of halogens is 3. The van der Waals surface area contributed by atoms with Gasteiger partial charge in [-0.3, -0.25) is 4.79 Å². The summed E-state index contributed by atoms with van der Waals surface area (Å²) in [5, 5.41) is 3.07. The highest BCUT2D eigenvalue weighted by atomic mass is 35.5. The van der Waals surface area contributed by atoms with Crippen molar-refractivity contribution >= 4 is 50.5 Å². The normalized spacial score (nSPS) is 14.2. The molecule has 3 aromatic rings. The van der Waals surface area contributed by atoms with Crippen LogP contribution in [0.15, 0.2) is 71.6 Å². The van der Waals surface area contributed by atoms with E-state index in [2.05, 4.69) is 10.2 Å². The Morgan fingerprint density at radius 1 is 0.917 bits per heavy atom. The van der Waals surface area contributed by atoms with Gasteiger partial charge in [-0.25, -0.2) is 12.8 Å².